The summed E-state index contributed by atoms with van der Waals surface area (Å²) in [6.45, 7) is 1.97. The van der Waals surface area contributed by atoms with Crippen molar-refractivity contribution in [2.24, 2.45) is 0 Å². The maximum absolute atomic E-state index is 11.2. The van der Waals surface area contributed by atoms with Crippen LogP contribution in [0.1, 0.15) is 22.7 Å². The molecule has 0 radical (unpaired) electrons. The van der Waals surface area contributed by atoms with Crippen molar-refractivity contribution >= 4 is 6.29 Å². The van der Waals surface area contributed by atoms with E-state index in [0.29, 0.717) is 0 Å². The zero-order valence-corrected chi connectivity index (χ0v) is 8.97. The number of pyridine rings is 1. The average molecular weight is 209 g/mol. The van der Waals surface area contributed by atoms with E-state index in [9.17, 15) is 4.79 Å². The van der Waals surface area contributed by atoms with Gasteiger partial charge >= 0.3 is 0 Å². The third kappa shape index (κ3) is 1.13. The van der Waals surface area contributed by atoms with Crippen LogP contribution in [0.2, 0.25) is 0 Å². The lowest BCUT2D eigenvalue weighted by Gasteiger charge is -2.03. The van der Waals surface area contributed by atoms with Crippen molar-refractivity contribution in [1.29, 1.82) is 0 Å². The fourth-order valence-corrected chi connectivity index (χ4v) is 2.38. The smallest absolute Gasteiger partial charge is 0.131 e. The number of rotatable bonds is 1. The number of nitrogens with zero attached hydrogens (tertiary/aromatic N) is 1. The van der Waals surface area contributed by atoms with Crippen molar-refractivity contribution < 1.29 is 4.79 Å². The standard InChI is InChI=1S/C14H11NO/c1-9-6-12-10-4-2-3-5-11(10)14(8-16)13(12)7-15-9/h2-8,14H,1H3. The Labute approximate surface area is 94.0 Å². The minimum Gasteiger partial charge on any atom is -0.302 e. The normalized spacial score (nSPS) is 16.7. The van der Waals surface area contributed by atoms with E-state index in [4.69, 9.17) is 0 Å². The van der Waals surface area contributed by atoms with Crippen molar-refractivity contribution in [3.63, 3.8) is 0 Å². The molecule has 0 amide bonds. The summed E-state index contributed by atoms with van der Waals surface area (Å²) in [4.78, 5) is 15.5. The van der Waals surface area contributed by atoms with Gasteiger partial charge in [-0.15, -0.1) is 0 Å². The number of aromatic nitrogens is 1. The van der Waals surface area contributed by atoms with Crippen molar-refractivity contribution in [1.82, 2.24) is 4.98 Å². The van der Waals surface area contributed by atoms with Gasteiger partial charge in [0.05, 0.1) is 5.92 Å². The molecule has 0 bridgehead atoms. The Balaban J connectivity index is 2.34. The number of aryl methyl sites for hydroxylation is 1. The van der Waals surface area contributed by atoms with E-state index in [0.717, 1.165) is 28.7 Å². The zero-order chi connectivity index (χ0) is 11.1. The molecule has 3 rings (SSSR count). The molecule has 2 heteroatoms. The quantitative estimate of drug-likeness (QED) is 0.676. The molecule has 1 aliphatic carbocycles. The van der Waals surface area contributed by atoms with Crippen LogP contribution in [-0.4, -0.2) is 11.3 Å². The van der Waals surface area contributed by atoms with Gasteiger partial charge in [-0.25, -0.2) is 0 Å². The molecule has 2 nitrogen and oxygen atoms in total. The minimum atomic E-state index is -0.140. The molecular formula is C14H11NO. The zero-order valence-electron chi connectivity index (χ0n) is 8.97. The van der Waals surface area contributed by atoms with Gasteiger partial charge in [0.15, 0.2) is 0 Å². The SMILES string of the molecule is Cc1cc2c(cn1)C(C=O)c1ccccc1-2. The lowest BCUT2D eigenvalue weighted by Crippen LogP contribution is -1.97. The summed E-state index contributed by atoms with van der Waals surface area (Å²) in [5.74, 6) is -0.140. The van der Waals surface area contributed by atoms with Gasteiger partial charge in [0.1, 0.15) is 6.29 Å². The highest BCUT2D eigenvalue weighted by Gasteiger charge is 2.28. The lowest BCUT2D eigenvalue weighted by molar-refractivity contribution is -0.108. The van der Waals surface area contributed by atoms with Gasteiger partial charge in [-0.2, -0.15) is 0 Å². The first kappa shape index (κ1) is 9.28. The van der Waals surface area contributed by atoms with E-state index in [1.165, 1.54) is 5.56 Å². The highest BCUT2D eigenvalue weighted by molar-refractivity contribution is 5.87. The van der Waals surface area contributed by atoms with Crippen LogP contribution in [0.4, 0.5) is 0 Å². The van der Waals surface area contributed by atoms with E-state index in [2.05, 4.69) is 17.1 Å². The summed E-state index contributed by atoms with van der Waals surface area (Å²) >= 11 is 0. The Morgan fingerprint density at radius 1 is 1.19 bits per heavy atom. The van der Waals surface area contributed by atoms with E-state index in [-0.39, 0.29) is 5.92 Å². The number of carbonyl (C=O) groups excluding carboxylic acids is 1. The van der Waals surface area contributed by atoms with Gasteiger partial charge < -0.3 is 4.79 Å². The molecule has 0 saturated carbocycles. The summed E-state index contributed by atoms with van der Waals surface area (Å²) < 4.78 is 0. The number of hydrogen-bond acceptors (Lipinski definition) is 2. The molecule has 0 N–H and O–H groups in total. The predicted octanol–water partition coefficient (Wildman–Crippen LogP) is 2.70. The Kier molecular flexibility index (Phi) is 1.90. The first-order chi connectivity index (χ1) is 7.81. The lowest BCUT2D eigenvalue weighted by atomic mass is 10.00. The van der Waals surface area contributed by atoms with Gasteiger partial charge in [0.2, 0.25) is 0 Å². The Morgan fingerprint density at radius 2 is 2.00 bits per heavy atom. The van der Waals surface area contributed by atoms with Crippen LogP contribution in [0.5, 0.6) is 0 Å². The first-order valence-corrected chi connectivity index (χ1v) is 5.32. The third-order valence-corrected chi connectivity index (χ3v) is 3.13. The number of carbonyl (C=O) groups is 1. The molecule has 1 aromatic carbocycles. The van der Waals surface area contributed by atoms with Gasteiger partial charge in [-0.3, -0.25) is 4.98 Å². The van der Waals surface area contributed by atoms with Gasteiger partial charge in [-0.1, -0.05) is 24.3 Å². The monoisotopic (exact) mass is 209 g/mol. The van der Waals surface area contributed by atoms with Crippen molar-refractivity contribution in [3.8, 4) is 11.1 Å². The van der Waals surface area contributed by atoms with Crippen LogP contribution < -0.4 is 0 Å². The number of fused-ring (bicyclic) bond motifs is 3. The summed E-state index contributed by atoms with van der Waals surface area (Å²) in [7, 11) is 0. The largest absolute Gasteiger partial charge is 0.302 e. The first-order valence-electron chi connectivity index (χ1n) is 5.32. The van der Waals surface area contributed by atoms with Gasteiger partial charge in [-0.05, 0) is 35.2 Å². The molecule has 1 unspecified atom stereocenters. The molecule has 0 aliphatic heterocycles. The van der Waals surface area contributed by atoms with Crippen LogP contribution in [-0.2, 0) is 4.79 Å². The second-order valence-corrected chi connectivity index (χ2v) is 4.11. The summed E-state index contributed by atoms with van der Waals surface area (Å²) in [5.41, 5.74) is 5.43. The highest BCUT2D eigenvalue weighted by Crippen LogP contribution is 2.43. The second kappa shape index (κ2) is 3.27. The summed E-state index contributed by atoms with van der Waals surface area (Å²) in [5, 5.41) is 0. The minimum absolute atomic E-state index is 0.140. The third-order valence-electron chi connectivity index (χ3n) is 3.13. The highest BCUT2D eigenvalue weighted by atomic mass is 16.1. The van der Waals surface area contributed by atoms with Crippen LogP contribution in [0, 0.1) is 6.92 Å². The molecule has 1 atom stereocenters. The Morgan fingerprint density at radius 3 is 2.81 bits per heavy atom. The summed E-state index contributed by atoms with van der Waals surface area (Å²) in [6.07, 6.45) is 2.82. The maximum atomic E-state index is 11.2. The topological polar surface area (TPSA) is 30.0 Å². The van der Waals surface area contributed by atoms with Crippen molar-refractivity contribution in [2.45, 2.75) is 12.8 Å². The van der Waals surface area contributed by atoms with E-state index in [1.54, 1.807) is 0 Å². The molecule has 16 heavy (non-hydrogen) atoms. The fourth-order valence-electron chi connectivity index (χ4n) is 2.38. The number of aldehydes is 1. The fraction of sp³-hybridized carbons (Fsp3) is 0.143. The van der Waals surface area contributed by atoms with E-state index >= 15 is 0 Å². The van der Waals surface area contributed by atoms with E-state index < -0.39 is 0 Å². The predicted molar refractivity (Wildman–Crippen MR) is 62.3 cm³/mol. The average Bonchev–Trinajstić information content (AvgIpc) is 2.62. The molecule has 78 valence electrons. The molecule has 0 spiro atoms. The van der Waals surface area contributed by atoms with Crippen molar-refractivity contribution in [3.05, 3.63) is 53.3 Å². The Hall–Kier alpha value is -1.96. The molecule has 1 heterocycles. The summed E-state index contributed by atoms with van der Waals surface area (Å²) in [6, 6.07) is 10.1. The van der Waals surface area contributed by atoms with Gasteiger partial charge in [0.25, 0.3) is 0 Å². The molecule has 0 saturated heterocycles. The van der Waals surface area contributed by atoms with Crippen LogP contribution in [0.25, 0.3) is 11.1 Å². The van der Waals surface area contributed by atoms with Gasteiger partial charge in [0, 0.05) is 11.9 Å². The van der Waals surface area contributed by atoms with Crippen LogP contribution >= 0.6 is 0 Å². The molecule has 1 aromatic heterocycles. The van der Waals surface area contributed by atoms with Crippen LogP contribution in [0.15, 0.2) is 36.5 Å². The molecular weight excluding hydrogens is 198 g/mol. The van der Waals surface area contributed by atoms with E-state index in [1.807, 2.05) is 31.3 Å². The Bertz CT molecular complexity index is 575. The van der Waals surface area contributed by atoms with Crippen molar-refractivity contribution in [2.75, 3.05) is 0 Å². The molecule has 1 aliphatic rings. The number of benzene rings is 1. The maximum Gasteiger partial charge on any atom is 0.131 e. The second-order valence-electron chi connectivity index (χ2n) is 4.11. The number of hydrogen-bond donors (Lipinski definition) is 0. The van der Waals surface area contributed by atoms with Crippen LogP contribution in [0.3, 0.4) is 0 Å². The molecule has 0 fully saturated rings. The molecule has 2 aromatic rings.